The molecule has 0 saturated carbocycles. The molecule has 11 heteroatoms. The fourth-order valence-corrected chi connectivity index (χ4v) is 5.25. The Labute approximate surface area is 136 Å². The van der Waals surface area contributed by atoms with Crippen molar-refractivity contribution in [2.75, 3.05) is 12.3 Å². The number of nitro groups is 1. The van der Waals surface area contributed by atoms with Crippen molar-refractivity contribution in [1.29, 1.82) is 0 Å². The van der Waals surface area contributed by atoms with Gasteiger partial charge in [0, 0.05) is 12.6 Å². The Hall–Kier alpha value is -2.11. The van der Waals surface area contributed by atoms with Crippen LogP contribution in [0.25, 0.3) is 0 Å². The number of hydrogen-bond donors (Lipinski definition) is 1. The molecule has 1 aromatic heterocycles. The first-order valence-corrected chi connectivity index (χ1v) is 9.01. The lowest BCUT2D eigenvalue weighted by Crippen LogP contribution is -2.31. The van der Waals surface area contributed by atoms with Crippen LogP contribution in [0.3, 0.4) is 0 Å². The average molecular weight is 355 g/mol. The molecule has 0 radical (unpaired) electrons. The molecule has 0 bridgehead atoms. The van der Waals surface area contributed by atoms with Crippen LogP contribution < -0.4 is 5.73 Å². The maximum atomic E-state index is 12.9. The minimum atomic E-state index is -4.01. The molecular weight excluding hydrogens is 342 g/mol. The lowest BCUT2D eigenvalue weighted by molar-refractivity contribution is -0.387. The lowest BCUT2D eigenvalue weighted by Gasteiger charge is -2.21. The number of rotatable bonds is 4. The van der Waals surface area contributed by atoms with Gasteiger partial charge in [0.15, 0.2) is 4.90 Å². The van der Waals surface area contributed by atoms with Crippen molar-refractivity contribution >= 4 is 32.2 Å². The first kappa shape index (κ1) is 15.8. The van der Waals surface area contributed by atoms with Gasteiger partial charge >= 0.3 is 0 Å². The summed E-state index contributed by atoms with van der Waals surface area (Å²) in [5.41, 5.74) is 5.13. The fourth-order valence-electron chi connectivity index (χ4n) is 2.61. The van der Waals surface area contributed by atoms with Crippen molar-refractivity contribution in [3.05, 3.63) is 39.4 Å². The SMILES string of the molecule is Nc1nnc(C2CCCN2S(=O)(=O)c2ccccc2[N+](=O)[O-])s1. The van der Waals surface area contributed by atoms with Gasteiger partial charge in [0.1, 0.15) is 5.01 Å². The summed E-state index contributed by atoms with van der Waals surface area (Å²) in [6, 6.07) is 4.84. The molecule has 3 rings (SSSR count). The number of para-hydroxylation sites is 1. The second kappa shape index (κ2) is 5.83. The van der Waals surface area contributed by atoms with Gasteiger partial charge in [-0.1, -0.05) is 23.5 Å². The largest absolute Gasteiger partial charge is 0.374 e. The minimum absolute atomic E-state index is 0.259. The Morgan fingerprint density at radius 2 is 2.09 bits per heavy atom. The van der Waals surface area contributed by atoms with Crippen LogP contribution in [0.5, 0.6) is 0 Å². The highest BCUT2D eigenvalue weighted by Crippen LogP contribution is 2.39. The molecule has 2 heterocycles. The van der Waals surface area contributed by atoms with E-state index in [9.17, 15) is 18.5 Å². The van der Waals surface area contributed by atoms with Crippen molar-refractivity contribution in [2.24, 2.45) is 0 Å². The Morgan fingerprint density at radius 3 is 2.74 bits per heavy atom. The molecule has 0 amide bonds. The third kappa shape index (κ3) is 2.78. The Balaban J connectivity index is 2.04. The number of nitrogens with zero attached hydrogens (tertiary/aromatic N) is 4. The van der Waals surface area contributed by atoms with Crippen LogP contribution >= 0.6 is 11.3 Å². The molecule has 1 fully saturated rings. The molecule has 0 aliphatic carbocycles. The summed E-state index contributed by atoms with van der Waals surface area (Å²) in [5, 5.41) is 19.5. The molecule has 2 aromatic rings. The van der Waals surface area contributed by atoms with E-state index in [2.05, 4.69) is 10.2 Å². The molecule has 1 aromatic carbocycles. The first-order valence-electron chi connectivity index (χ1n) is 6.75. The van der Waals surface area contributed by atoms with Gasteiger partial charge in [0.25, 0.3) is 15.7 Å². The van der Waals surface area contributed by atoms with Crippen LogP contribution in [-0.4, -0.2) is 34.4 Å². The summed E-state index contributed by atoms with van der Waals surface area (Å²) in [7, 11) is -4.01. The predicted molar refractivity (Wildman–Crippen MR) is 83.3 cm³/mol. The molecule has 122 valence electrons. The van der Waals surface area contributed by atoms with E-state index in [1.54, 1.807) is 0 Å². The first-order chi connectivity index (χ1) is 10.9. The summed E-state index contributed by atoms with van der Waals surface area (Å²) in [6.07, 6.45) is 1.22. The summed E-state index contributed by atoms with van der Waals surface area (Å²) < 4.78 is 27.0. The van der Waals surface area contributed by atoms with Gasteiger partial charge in [-0.15, -0.1) is 10.2 Å². The standard InChI is InChI=1S/C12H13N5O4S2/c13-12-15-14-11(22-12)9-5-3-7-16(9)23(20,21)10-6-2-1-4-8(10)17(18)19/h1-2,4,6,9H,3,5,7H2,(H2,13,15). The van der Waals surface area contributed by atoms with Crippen molar-refractivity contribution < 1.29 is 13.3 Å². The van der Waals surface area contributed by atoms with E-state index >= 15 is 0 Å². The second-order valence-electron chi connectivity index (χ2n) is 4.98. The van der Waals surface area contributed by atoms with Crippen LogP contribution in [0.4, 0.5) is 10.8 Å². The summed E-state index contributed by atoms with van der Waals surface area (Å²) in [4.78, 5) is 10.1. The van der Waals surface area contributed by atoms with Gasteiger partial charge in [-0.05, 0) is 18.9 Å². The Kier molecular flexibility index (Phi) is 4.00. The highest BCUT2D eigenvalue weighted by molar-refractivity contribution is 7.89. The molecular formula is C12H13N5O4S2. The number of sulfonamides is 1. The average Bonchev–Trinajstić information content (AvgIpc) is 3.15. The maximum absolute atomic E-state index is 12.9. The predicted octanol–water partition coefficient (Wildman–Crippen LogP) is 1.55. The fraction of sp³-hybridized carbons (Fsp3) is 0.333. The van der Waals surface area contributed by atoms with E-state index in [0.717, 1.165) is 11.3 Å². The highest BCUT2D eigenvalue weighted by Gasteiger charge is 2.40. The van der Waals surface area contributed by atoms with Crippen LogP contribution in [0.1, 0.15) is 23.9 Å². The molecule has 1 saturated heterocycles. The number of hydrogen-bond acceptors (Lipinski definition) is 8. The maximum Gasteiger partial charge on any atom is 0.289 e. The molecule has 23 heavy (non-hydrogen) atoms. The number of anilines is 1. The topological polar surface area (TPSA) is 132 Å². The van der Waals surface area contributed by atoms with Crippen LogP contribution in [0.15, 0.2) is 29.2 Å². The summed E-state index contributed by atoms with van der Waals surface area (Å²) >= 11 is 1.13. The molecule has 1 unspecified atom stereocenters. The lowest BCUT2D eigenvalue weighted by atomic mass is 10.2. The molecule has 2 N–H and O–H groups in total. The van der Waals surface area contributed by atoms with Crippen LogP contribution in [0.2, 0.25) is 0 Å². The number of aromatic nitrogens is 2. The van der Waals surface area contributed by atoms with Gasteiger partial charge in [-0.25, -0.2) is 8.42 Å². The normalized spacial score (nSPS) is 19.0. The zero-order chi connectivity index (χ0) is 16.6. The van der Waals surface area contributed by atoms with Gasteiger partial charge in [-0.3, -0.25) is 10.1 Å². The molecule has 0 spiro atoms. The van der Waals surface area contributed by atoms with Gasteiger partial charge in [-0.2, -0.15) is 4.31 Å². The monoisotopic (exact) mass is 355 g/mol. The second-order valence-corrected chi connectivity index (χ2v) is 7.88. The quantitative estimate of drug-likeness (QED) is 0.650. The van der Waals surface area contributed by atoms with Crippen molar-refractivity contribution in [3.8, 4) is 0 Å². The third-order valence-electron chi connectivity index (χ3n) is 3.59. The Bertz CT molecular complexity index is 851. The van der Waals surface area contributed by atoms with E-state index in [1.165, 1.54) is 28.6 Å². The van der Waals surface area contributed by atoms with Gasteiger partial charge < -0.3 is 5.73 Å². The summed E-state index contributed by atoms with van der Waals surface area (Å²) in [6.45, 7) is 0.276. The zero-order valence-corrected chi connectivity index (χ0v) is 13.5. The van der Waals surface area contributed by atoms with Crippen molar-refractivity contribution in [2.45, 2.75) is 23.8 Å². The van der Waals surface area contributed by atoms with Gasteiger partial charge in [0.2, 0.25) is 5.13 Å². The van der Waals surface area contributed by atoms with E-state index in [-0.39, 0.29) is 16.6 Å². The van der Waals surface area contributed by atoms with Crippen molar-refractivity contribution in [3.63, 3.8) is 0 Å². The van der Waals surface area contributed by atoms with Crippen LogP contribution in [-0.2, 0) is 10.0 Å². The number of nitrogens with two attached hydrogens (primary N) is 1. The minimum Gasteiger partial charge on any atom is -0.374 e. The number of nitro benzene ring substituents is 1. The molecule has 1 atom stereocenters. The Morgan fingerprint density at radius 1 is 1.35 bits per heavy atom. The molecule has 1 aliphatic heterocycles. The van der Waals surface area contributed by atoms with E-state index in [1.807, 2.05) is 0 Å². The zero-order valence-electron chi connectivity index (χ0n) is 11.8. The van der Waals surface area contributed by atoms with E-state index in [4.69, 9.17) is 5.73 Å². The highest BCUT2D eigenvalue weighted by atomic mass is 32.2. The van der Waals surface area contributed by atoms with E-state index < -0.39 is 26.7 Å². The third-order valence-corrected chi connectivity index (χ3v) is 6.40. The molecule has 1 aliphatic rings. The number of nitrogen functional groups attached to an aromatic ring is 1. The van der Waals surface area contributed by atoms with E-state index in [0.29, 0.717) is 17.8 Å². The van der Waals surface area contributed by atoms with Crippen molar-refractivity contribution in [1.82, 2.24) is 14.5 Å². The number of benzene rings is 1. The smallest absolute Gasteiger partial charge is 0.289 e. The van der Waals surface area contributed by atoms with Gasteiger partial charge in [0.05, 0.1) is 11.0 Å². The molecule has 9 nitrogen and oxygen atoms in total. The summed E-state index contributed by atoms with van der Waals surface area (Å²) in [5.74, 6) is 0. The van der Waals surface area contributed by atoms with Crippen LogP contribution in [0, 0.1) is 10.1 Å².